The fourth-order valence-corrected chi connectivity index (χ4v) is 1.59. The predicted octanol–water partition coefficient (Wildman–Crippen LogP) is 2.80. The first-order valence-corrected chi connectivity index (χ1v) is 4.90. The van der Waals surface area contributed by atoms with Crippen molar-refractivity contribution in [3.8, 4) is 0 Å². The van der Waals surface area contributed by atoms with Crippen LogP contribution in [0.5, 0.6) is 0 Å². The molecule has 0 saturated carbocycles. The van der Waals surface area contributed by atoms with Crippen LogP contribution in [0, 0.1) is 0 Å². The molecule has 1 atom stereocenters. The standard InChI is InChI=1S/C8H19OP/c1-4-8(5-2,6-3)9-7-10/h4-7,10H2,1-3H3. The zero-order valence-corrected chi connectivity index (χ0v) is 8.47. The van der Waals surface area contributed by atoms with E-state index in [9.17, 15) is 0 Å². The first-order chi connectivity index (χ1) is 4.74. The van der Waals surface area contributed by atoms with Crippen molar-refractivity contribution in [2.24, 2.45) is 0 Å². The van der Waals surface area contributed by atoms with Crippen LogP contribution in [0.2, 0.25) is 0 Å². The highest BCUT2D eigenvalue weighted by Crippen LogP contribution is 2.24. The molecule has 0 rings (SSSR count). The molecule has 1 nitrogen and oxygen atoms in total. The van der Waals surface area contributed by atoms with Gasteiger partial charge in [-0.05, 0) is 19.3 Å². The van der Waals surface area contributed by atoms with Gasteiger partial charge in [-0.2, -0.15) is 0 Å². The second-order valence-electron chi connectivity index (χ2n) is 2.55. The zero-order chi connectivity index (χ0) is 8.04. The second-order valence-corrected chi connectivity index (χ2v) is 2.89. The SMILES string of the molecule is CCC(CC)(CC)OCP. The van der Waals surface area contributed by atoms with Crippen molar-refractivity contribution in [3.63, 3.8) is 0 Å². The summed E-state index contributed by atoms with van der Waals surface area (Å²) in [5.41, 5.74) is 0.155. The van der Waals surface area contributed by atoms with Gasteiger partial charge in [0.25, 0.3) is 0 Å². The van der Waals surface area contributed by atoms with E-state index in [1.165, 1.54) is 0 Å². The molecule has 0 heterocycles. The number of hydrogen-bond acceptors (Lipinski definition) is 1. The quantitative estimate of drug-likeness (QED) is 0.565. The van der Waals surface area contributed by atoms with Crippen LogP contribution in [-0.4, -0.2) is 11.9 Å². The maximum Gasteiger partial charge on any atom is 0.0679 e. The van der Waals surface area contributed by atoms with Crippen molar-refractivity contribution in [2.45, 2.75) is 45.6 Å². The Morgan fingerprint density at radius 2 is 1.50 bits per heavy atom. The summed E-state index contributed by atoms with van der Waals surface area (Å²) in [5, 5.41) is 0. The van der Waals surface area contributed by atoms with E-state index in [4.69, 9.17) is 4.74 Å². The molecule has 0 bridgehead atoms. The lowest BCUT2D eigenvalue weighted by Crippen LogP contribution is -2.29. The summed E-state index contributed by atoms with van der Waals surface area (Å²) in [5.74, 6) is 0. The lowest BCUT2D eigenvalue weighted by atomic mass is 9.94. The molecule has 0 aromatic heterocycles. The summed E-state index contributed by atoms with van der Waals surface area (Å²) in [6, 6.07) is 0. The minimum Gasteiger partial charge on any atom is -0.371 e. The molecule has 10 heavy (non-hydrogen) atoms. The normalized spacial score (nSPS) is 12.0. The van der Waals surface area contributed by atoms with Crippen LogP contribution in [0.3, 0.4) is 0 Å². The highest BCUT2D eigenvalue weighted by Gasteiger charge is 2.23. The van der Waals surface area contributed by atoms with Crippen molar-refractivity contribution in [3.05, 3.63) is 0 Å². The summed E-state index contributed by atoms with van der Waals surface area (Å²) in [6.45, 7) is 6.56. The lowest BCUT2D eigenvalue weighted by molar-refractivity contribution is -0.0291. The zero-order valence-electron chi connectivity index (χ0n) is 7.31. The van der Waals surface area contributed by atoms with Crippen LogP contribution in [0.15, 0.2) is 0 Å². The second kappa shape index (κ2) is 5.09. The fraction of sp³-hybridized carbons (Fsp3) is 1.00. The van der Waals surface area contributed by atoms with E-state index in [1.54, 1.807) is 0 Å². The molecule has 2 heteroatoms. The summed E-state index contributed by atoms with van der Waals surface area (Å²) < 4.78 is 5.64. The van der Waals surface area contributed by atoms with E-state index < -0.39 is 0 Å². The topological polar surface area (TPSA) is 9.23 Å². The van der Waals surface area contributed by atoms with E-state index in [0.29, 0.717) is 0 Å². The molecule has 0 saturated heterocycles. The van der Waals surface area contributed by atoms with Gasteiger partial charge in [0, 0.05) is 0 Å². The van der Waals surface area contributed by atoms with Gasteiger partial charge in [0.1, 0.15) is 0 Å². The smallest absolute Gasteiger partial charge is 0.0679 e. The maximum absolute atomic E-state index is 5.64. The molecule has 0 aromatic rings. The Labute approximate surface area is 66.7 Å². The van der Waals surface area contributed by atoms with Crippen LogP contribution in [0.4, 0.5) is 0 Å². The molecule has 0 fully saturated rings. The van der Waals surface area contributed by atoms with Gasteiger partial charge in [-0.1, -0.05) is 20.8 Å². The van der Waals surface area contributed by atoms with Gasteiger partial charge in [0.2, 0.25) is 0 Å². The molecule has 0 spiro atoms. The highest BCUT2D eigenvalue weighted by molar-refractivity contribution is 7.16. The molecule has 0 aliphatic rings. The molecule has 0 aliphatic heterocycles. The maximum atomic E-state index is 5.64. The fourth-order valence-electron chi connectivity index (χ4n) is 1.23. The van der Waals surface area contributed by atoms with Gasteiger partial charge < -0.3 is 4.74 Å². The molecular formula is C8H19OP. The Morgan fingerprint density at radius 3 is 1.60 bits per heavy atom. The summed E-state index contributed by atoms with van der Waals surface area (Å²) in [6.07, 6.45) is 4.12. The summed E-state index contributed by atoms with van der Waals surface area (Å²) in [4.78, 5) is 0. The third kappa shape index (κ3) is 2.56. The molecule has 0 radical (unpaired) electrons. The Hall–Kier alpha value is 0.390. The molecular weight excluding hydrogens is 143 g/mol. The molecule has 1 unspecified atom stereocenters. The lowest BCUT2D eigenvalue weighted by Gasteiger charge is -2.29. The Morgan fingerprint density at radius 1 is 1.10 bits per heavy atom. The first kappa shape index (κ1) is 10.4. The van der Waals surface area contributed by atoms with Crippen molar-refractivity contribution < 1.29 is 4.74 Å². The van der Waals surface area contributed by atoms with Crippen molar-refractivity contribution >= 4 is 9.24 Å². The largest absolute Gasteiger partial charge is 0.371 e. The van der Waals surface area contributed by atoms with Crippen molar-refractivity contribution in [2.75, 3.05) is 6.35 Å². The number of hydrogen-bond donors (Lipinski definition) is 0. The van der Waals surface area contributed by atoms with Gasteiger partial charge in [-0.25, -0.2) is 0 Å². The Balaban J connectivity index is 3.87. The van der Waals surface area contributed by atoms with Crippen LogP contribution < -0.4 is 0 Å². The first-order valence-electron chi connectivity index (χ1n) is 4.08. The van der Waals surface area contributed by atoms with E-state index in [2.05, 4.69) is 30.0 Å². The summed E-state index contributed by atoms with van der Waals surface area (Å²) in [7, 11) is 2.61. The molecule has 0 aliphatic carbocycles. The van der Waals surface area contributed by atoms with E-state index in [1.807, 2.05) is 0 Å². The van der Waals surface area contributed by atoms with Gasteiger partial charge in [0.15, 0.2) is 0 Å². The third-order valence-corrected chi connectivity index (χ3v) is 2.49. The predicted molar refractivity (Wildman–Crippen MR) is 49.3 cm³/mol. The average Bonchev–Trinajstić information content (AvgIpc) is 2.01. The van der Waals surface area contributed by atoms with Crippen LogP contribution in [-0.2, 0) is 4.74 Å². The van der Waals surface area contributed by atoms with E-state index >= 15 is 0 Å². The van der Waals surface area contributed by atoms with Crippen LogP contribution in [0.1, 0.15) is 40.0 Å². The highest BCUT2D eigenvalue weighted by atomic mass is 31.0. The van der Waals surface area contributed by atoms with Crippen LogP contribution >= 0.6 is 9.24 Å². The third-order valence-electron chi connectivity index (χ3n) is 2.32. The van der Waals surface area contributed by atoms with Crippen molar-refractivity contribution in [1.82, 2.24) is 0 Å². The molecule has 0 N–H and O–H groups in total. The van der Waals surface area contributed by atoms with Gasteiger partial charge >= 0.3 is 0 Å². The number of rotatable bonds is 5. The average molecular weight is 162 g/mol. The summed E-state index contributed by atoms with van der Waals surface area (Å²) >= 11 is 0. The Kier molecular flexibility index (Phi) is 5.29. The van der Waals surface area contributed by atoms with Gasteiger partial charge in [-0.15, -0.1) is 9.24 Å². The minimum absolute atomic E-state index is 0.155. The van der Waals surface area contributed by atoms with E-state index in [0.717, 1.165) is 25.6 Å². The Bertz CT molecular complexity index is 71.1. The van der Waals surface area contributed by atoms with Crippen LogP contribution in [0.25, 0.3) is 0 Å². The van der Waals surface area contributed by atoms with Gasteiger partial charge in [0.05, 0.1) is 11.9 Å². The minimum atomic E-state index is 0.155. The van der Waals surface area contributed by atoms with Gasteiger partial charge in [-0.3, -0.25) is 0 Å². The van der Waals surface area contributed by atoms with E-state index in [-0.39, 0.29) is 5.60 Å². The number of ether oxygens (including phenoxy) is 1. The van der Waals surface area contributed by atoms with Crippen molar-refractivity contribution in [1.29, 1.82) is 0 Å². The molecule has 62 valence electrons. The molecule has 0 aromatic carbocycles. The molecule has 0 amide bonds. The monoisotopic (exact) mass is 162 g/mol.